The lowest BCUT2D eigenvalue weighted by Gasteiger charge is -2.30. The van der Waals surface area contributed by atoms with Crippen molar-refractivity contribution in [2.45, 2.75) is 24.7 Å². The fraction of sp³-hybridized carbons (Fsp3) is 0.333. The first kappa shape index (κ1) is 18.9. The summed E-state index contributed by atoms with van der Waals surface area (Å²) in [5.74, 6) is -0.888. The lowest BCUT2D eigenvalue weighted by atomic mass is 9.85. The third kappa shape index (κ3) is 4.33. The topological polar surface area (TPSA) is 115 Å². The molecule has 7 heteroatoms. The van der Waals surface area contributed by atoms with E-state index < -0.39 is 17.6 Å². The van der Waals surface area contributed by atoms with E-state index in [4.69, 9.17) is 15.2 Å². The van der Waals surface area contributed by atoms with Gasteiger partial charge in [-0.05, 0) is 17.2 Å². The summed E-state index contributed by atoms with van der Waals surface area (Å²) < 4.78 is 10.1. The van der Waals surface area contributed by atoms with Gasteiger partial charge in [-0.2, -0.15) is 0 Å². The second-order valence-electron chi connectivity index (χ2n) is 5.75. The number of pyridine rings is 1. The molecular formula is C18H22N2O5. The number of benzene rings is 1. The number of carbonyl (C=O) groups is 1. The summed E-state index contributed by atoms with van der Waals surface area (Å²) in [6.07, 6.45) is 1.24. The van der Waals surface area contributed by atoms with Crippen LogP contribution in [0.3, 0.4) is 0 Å². The van der Waals surface area contributed by atoms with E-state index >= 15 is 0 Å². The quantitative estimate of drug-likeness (QED) is 0.660. The van der Waals surface area contributed by atoms with Crippen LogP contribution >= 0.6 is 0 Å². The molecule has 25 heavy (non-hydrogen) atoms. The highest BCUT2D eigenvalue weighted by atomic mass is 16.5. The Morgan fingerprint density at radius 1 is 1.28 bits per heavy atom. The van der Waals surface area contributed by atoms with Crippen molar-refractivity contribution < 1.29 is 24.5 Å². The highest BCUT2D eigenvalue weighted by Crippen LogP contribution is 2.28. The highest BCUT2D eigenvalue weighted by molar-refractivity contribution is 5.79. The number of aliphatic carboxylic acids is 1. The summed E-state index contributed by atoms with van der Waals surface area (Å²) in [5.41, 5.74) is 5.69. The fourth-order valence-electron chi connectivity index (χ4n) is 2.54. The van der Waals surface area contributed by atoms with E-state index in [9.17, 15) is 15.0 Å². The van der Waals surface area contributed by atoms with E-state index in [0.717, 1.165) is 5.56 Å². The van der Waals surface area contributed by atoms with Gasteiger partial charge in [-0.3, -0.25) is 4.98 Å². The predicted octanol–water partition coefficient (Wildman–Crippen LogP) is 1.29. The second-order valence-corrected chi connectivity index (χ2v) is 5.75. The molecule has 134 valence electrons. The standard InChI is InChI=1S/C18H22N2O5/c1-24-11-12-3-5-13(6-4-12)16(19)18(23,17(21)22)10-14-9-15(25-2)7-8-20-14/h3-9,16,23H,10-11,19H2,1-2H3,(H,21,22)/t16-,18+/m0/s1. The van der Waals surface area contributed by atoms with Gasteiger partial charge in [-0.1, -0.05) is 24.3 Å². The predicted molar refractivity (Wildman–Crippen MR) is 91.2 cm³/mol. The average molecular weight is 346 g/mol. The van der Waals surface area contributed by atoms with E-state index in [2.05, 4.69) is 4.98 Å². The zero-order valence-corrected chi connectivity index (χ0v) is 14.2. The monoisotopic (exact) mass is 346 g/mol. The lowest BCUT2D eigenvalue weighted by Crippen LogP contribution is -2.50. The molecule has 0 fully saturated rings. The molecule has 2 atom stereocenters. The molecule has 2 rings (SSSR count). The number of methoxy groups -OCH3 is 2. The van der Waals surface area contributed by atoms with Gasteiger partial charge in [0.05, 0.1) is 19.8 Å². The van der Waals surface area contributed by atoms with Crippen molar-refractivity contribution in [3.05, 3.63) is 59.4 Å². The minimum atomic E-state index is -2.21. The molecule has 0 unspecified atom stereocenters. The maximum atomic E-state index is 11.8. The van der Waals surface area contributed by atoms with Crippen molar-refractivity contribution in [2.75, 3.05) is 14.2 Å². The zero-order chi connectivity index (χ0) is 18.4. The largest absolute Gasteiger partial charge is 0.497 e. The van der Waals surface area contributed by atoms with Gasteiger partial charge >= 0.3 is 5.97 Å². The highest BCUT2D eigenvalue weighted by Gasteiger charge is 2.43. The Labute approximate surface area is 146 Å². The van der Waals surface area contributed by atoms with Crippen molar-refractivity contribution in [1.29, 1.82) is 0 Å². The van der Waals surface area contributed by atoms with Gasteiger partial charge in [0.25, 0.3) is 0 Å². The number of nitrogens with zero attached hydrogens (tertiary/aromatic N) is 1. The number of aromatic nitrogens is 1. The first-order valence-corrected chi connectivity index (χ1v) is 7.68. The van der Waals surface area contributed by atoms with E-state index in [1.165, 1.54) is 13.3 Å². The summed E-state index contributed by atoms with van der Waals surface area (Å²) in [6, 6.07) is 9.02. The zero-order valence-electron chi connectivity index (χ0n) is 14.2. The summed E-state index contributed by atoms with van der Waals surface area (Å²) >= 11 is 0. The SMILES string of the molecule is COCc1ccc([C@H](N)[C@](O)(Cc2cc(OC)ccn2)C(=O)O)cc1. The normalized spacial score (nSPS) is 14.6. The van der Waals surface area contributed by atoms with Gasteiger partial charge in [0, 0.05) is 31.5 Å². The molecule has 4 N–H and O–H groups in total. The number of carboxylic acids is 1. The van der Waals surface area contributed by atoms with E-state index in [1.54, 1.807) is 43.5 Å². The van der Waals surface area contributed by atoms with Crippen molar-refractivity contribution in [1.82, 2.24) is 4.98 Å². The van der Waals surface area contributed by atoms with Gasteiger partial charge in [0.15, 0.2) is 5.60 Å². The van der Waals surface area contributed by atoms with Crippen LogP contribution in [0.4, 0.5) is 0 Å². The molecule has 0 radical (unpaired) electrons. The van der Waals surface area contributed by atoms with Gasteiger partial charge in [-0.15, -0.1) is 0 Å². The molecule has 1 heterocycles. The van der Waals surface area contributed by atoms with Crippen LogP contribution in [0, 0.1) is 0 Å². The van der Waals surface area contributed by atoms with E-state index in [0.29, 0.717) is 23.6 Å². The maximum Gasteiger partial charge on any atom is 0.338 e. The Balaban J connectivity index is 2.29. The summed E-state index contributed by atoms with van der Waals surface area (Å²) in [5, 5.41) is 20.4. The third-order valence-corrected chi connectivity index (χ3v) is 4.01. The smallest absolute Gasteiger partial charge is 0.338 e. The molecule has 0 saturated heterocycles. The Morgan fingerprint density at radius 3 is 2.52 bits per heavy atom. The number of carboxylic acid groups (broad SMARTS) is 1. The maximum absolute atomic E-state index is 11.8. The molecule has 0 saturated carbocycles. The summed E-state index contributed by atoms with van der Waals surface area (Å²) in [7, 11) is 3.08. The molecule has 0 amide bonds. The van der Waals surface area contributed by atoms with E-state index in [-0.39, 0.29) is 6.42 Å². The lowest BCUT2D eigenvalue weighted by molar-refractivity contribution is -0.161. The van der Waals surface area contributed by atoms with Crippen LogP contribution in [-0.4, -0.2) is 41.0 Å². The van der Waals surface area contributed by atoms with Crippen LogP contribution < -0.4 is 10.5 Å². The summed E-state index contributed by atoms with van der Waals surface area (Å²) in [6.45, 7) is 0.437. The Morgan fingerprint density at radius 2 is 1.96 bits per heavy atom. The number of hydrogen-bond donors (Lipinski definition) is 3. The number of nitrogens with two attached hydrogens (primary N) is 1. The number of ether oxygens (including phenoxy) is 2. The fourth-order valence-corrected chi connectivity index (χ4v) is 2.54. The minimum Gasteiger partial charge on any atom is -0.497 e. The van der Waals surface area contributed by atoms with Crippen LogP contribution in [0.25, 0.3) is 0 Å². The molecule has 0 aliphatic heterocycles. The van der Waals surface area contributed by atoms with Crippen molar-refractivity contribution in [2.24, 2.45) is 5.73 Å². The van der Waals surface area contributed by atoms with Crippen molar-refractivity contribution in [3.8, 4) is 5.75 Å². The molecule has 2 aromatic rings. The second kappa shape index (κ2) is 8.06. The van der Waals surface area contributed by atoms with Gasteiger partial charge in [0.2, 0.25) is 0 Å². The Hall–Kier alpha value is -2.48. The van der Waals surface area contributed by atoms with Crippen molar-refractivity contribution in [3.63, 3.8) is 0 Å². The van der Waals surface area contributed by atoms with Crippen molar-refractivity contribution >= 4 is 5.97 Å². The van der Waals surface area contributed by atoms with Crippen LogP contribution in [-0.2, 0) is 22.6 Å². The van der Waals surface area contributed by atoms with Gasteiger partial charge < -0.3 is 25.4 Å². The number of rotatable bonds is 8. The molecule has 0 aliphatic rings. The molecule has 0 bridgehead atoms. The molecule has 7 nitrogen and oxygen atoms in total. The molecular weight excluding hydrogens is 324 g/mol. The average Bonchev–Trinajstić information content (AvgIpc) is 2.62. The number of aliphatic hydroxyl groups is 1. The molecule has 1 aromatic heterocycles. The van der Waals surface area contributed by atoms with Crippen LogP contribution in [0.5, 0.6) is 5.75 Å². The van der Waals surface area contributed by atoms with Crippen LogP contribution in [0.2, 0.25) is 0 Å². The van der Waals surface area contributed by atoms with E-state index in [1.807, 2.05) is 0 Å². The summed E-state index contributed by atoms with van der Waals surface area (Å²) in [4.78, 5) is 15.8. The Bertz CT molecular complexity index is 720. The third-order valence-electron chi connectivity index (χ3n) is 4.01. The molecule has 0 aliphatic carbocycles. The minimum absolute atomic E-state index is 0.249. The first-order chi connectivity index (χ1) is 11.9. The molecule has 0 spiro atoms. The van der Waals surface area contributed by atoms with Crippen LogP contribution in [0.15, 0.2) is 42.6 Å². The Kier molecular flexibility index (Phi) is 6.08. The number of hydrogen-bond acceptors (Lipinski definition) is 6. The van der Waals surface area contributed by atoms with Gasteiger partial charge in [0.1, 0.15) is 5.75 Å². The molecule has 1 aromatic carbocycles. The first-order valence-electron chi connectivity index (χ1n) is 7.68. The van der Waals surface area contributed by atoms with Gasteiger partial charge in [-0.25, -0.2) is 4.79 Å². The van der Waals surface area contributed by atoms with Crippen LogP contribution in [0.1, 0.15) is 22.9 Å².